The lowest BCUT2D eigenvalue weighted by molar-refractivity contribution is -0.180. The molecule has 2 aliphatic rings. The highest BCUT2D eigenvalue weighted by atomic mass is 16.7. The van der Waals surface area contributed by atoms with Gasteiger partial charge in [0.1, 0.15) is 0 Å². The Morgan fingerprint density at radius 2 is 0.844 bits per heavy atom. The molecule has 2 fully saturated rings. The standard InChI is InChI=1S/C58H110O6/c1-5-9-25-40-53(41-26-10-6-2)49-56(59)61-47-35-23-19-15-13-17-21-33-45-58(63-51-55(64-58)44-32-31-39-52-37-29-30-38-52)46-34-22-18-14-16-20-24-36-48-62-57(60)50-54(42-27-11-7-3)43-28-12-8-4/h52-55H,5-51H2,1-4H3. The number of carbonyl (C=O) groups is 2. The van der Waals surface area contributed by atoms with Crippen LogP contribution in [-0.4, -0.2) is 43.7 Å². The third kappa shape index (κ3) is 32.5. The summed E-state index contributed by atoms with van der Waals surface area (Å²) in [4.78, 5) is 25.1. The number of hydrogen-bond acceptors (Lipinski definition) is 6. The van der Waals surface area contributed by atoms with Crippen molar-refractivity contribution in [3.05, 3.63) is 0 Å². The number of hydrogen-bond donors (Lipinski definition) is 0. The van der Waals surface area contributed by atoms with Gasteiger partial charge in [0, 0.05) is 25.7 Å². The number of esters is 2. The van der Waals surface area contributed by atoms with Gasteiger partial charge in [0.2, 0.25) is 0 Å². The molecule has 1 aliphatic carbocycles. The predicted octanol–water partition coefficient (Wildman–Crippen LogP) is 18.3. The Morgan fingerprint density at radius 3 is 1.25 bits per heavy atom. The summed E-state index contributed by atoms with van der Waals surface area (Å²) in [5.74, 6) is 1.71. The van der Waals surface area contributed by atoms with Crippen molar-refractivity contribution in [2.75, 3.05) is 19.8 Å². The first kappa shape index (κ1) is 59.0. The van der Waals surface area contributed by atoms with Crippen LogP contribution in [0.15, 0.2) is 0 Å². The van der Waals surface area contributed by atoms with Crippen LogP contribution in [0.4, 0.5) is 0 Å². The fourth-order valence-corrected chi connectivity index (χ4v) is 10.8. The fourth-order valence-electron chi connectivity index (χ4n) is 10.8. The molecular weight excluding hydrogens is 793 g/mol. The van der Waals surface area contributed by atoms with E-state index in [0.717, 1.165) is 57.5 Å². The SMILES string of the molecule is CCCCCC(CCCCC)CC(=O)OCCCCCCCCCCC1(CCCCCCCCCCOC(=O)CC(CCCCC)CCCCC)OCC(CCCCC2CCCC2)O1. The van der Waals surface area contributed by atoms with Crippen LogP contribution in [0.5, 0.6) is 0 Å². The minimum atomic E-state index is -0.360. The molecule has 0 bridgehead atoms. The second-order valence-corrected chi connectivity index (χ2v) is 21.1. The number of unbranched alkanes of at least 4 members (excludes halogenated alkanes) is 23. The van der Waals surface area contributed by atoms with E-state index < -0.39 is 0 Å². The average molecular weight is 904 g/mol. The zero-order chi connectivity index (χ0) is 46.0. The second-order valence-electron chi connectivity index (χ2n) is 21.1. The van der Waals surface area contributed by atoms with E-state index in [1.807, 2.05) is 0 Å². The first-order chi connectivity index (χ1) is 31.4. The summed E-state index contributed by atoms with van der Waals surface area (Å²) in [6.07, 6.45) is 53.7. The monoisotopic (exact) mass is 903 g/mol. The van der Waals surface area contributed by atoms with Crippen molar-refractivity contribution < 1.29 is 28.5 Å². The first-order valence-corrected chi connectivity index (χ1v) is 29.1. The molecule has 1 saturated heterocycles. The molecule has 0 spiro atoms. The van der Waals surface area contributed by atoms with Crippen molar-refractivity contribution in [1.82, 2.24) is 0 Å². The molecule has 0 amide bonds. The molecule has 0 aromatic heterocycles. The molecule has 0 aromatic carbocycles. The highest BCUT2D eigenvalue weighted by Gasteiger charge is 2.40. The summed E-state index contributed by atoms with van der Waals surface area (Å²) in [6.45, 7) is 11.0. The maximum absolute atomic E-state index is 12.6. The van der Waals surface area contributed by atoms with Gasteiger partial charge < -0.3 is 18.9 Å². The van der Waals surface area contributed by atoms with E-state index in [1.165, 1.54) is 225 Å². The van der Waals surface area contributed by atoms with E-state index in [9.17, 15) is 9.59 Å². The van der Waals surface area contributed by atoms with Crippen molar-refractivity contribution in [2.45, 2.75) is 322 Å². The summed E-state index contributed by atoms with van der Waals surface area (Å²) >= 11 is 0. The van der Waals surface area contributed by atoms with Crippen molar-refractivity contribution in [1.29, 1.82) is 0 Å². The lowest BCUT2D eigenvalue weighted by Crippen LogP contribution is -2.31. The van der Waals surface area contributed by atoms with Crippen LogP contribution in [-0.2, 0) is 28.5 Å². The van der Waals surface area contributed by atoms with Gasteiger partial charge in [-0.2, -0.15) is 0 Å². The molecule has 1 saturated carbocycles. The second kappa shape index (κ2) is 42.0. The Morgan fingerprint density at radius 1 is 0.469 bits per heavy atom. The average Bonchev–Trinajstić information content (AvgIpc) is 3.97. The van der Waals surface area contributed by atoms with Crippen LogP contribution in [0.3, 0.4) is 0 Å². The highest BCUT2D eigenvalue weighted by molar-refractivity contribution is 5.70. The van der Waals surface area contributed by atoms with E-state index in [-0.39, 0.29) is 23.8 Å². The minimum absolute atomic E-state index is 0.0322. The highest BCUT2D eigenvalue weighted by Crippen LogP contribution is 2.37. The molecule has 0 radical (unpaired) electrons. The summed E-state index contributed by atoms with van der Waals surface area (Å²) in [7, 11) is 0. The van der Waals surface area contributed by atoms with Crippen LogP contribution < -0.4 is 0 Å². The van der Waals surface area contributed by atoms with E-state index in [1.54, 1.807) is 0 Å². The molecule has 2 rings (SSSR count). The fraction of sp³-hybridized carbons (Fsp3) is 0.966. The van der Waals surface area contributed by atoms with Gasteiger partial charge in [0.15, 0.2) is 5.79 Å². The Labute approximate surface area is 398 Å². The van der Waals surface area contributed by atoms with Crippen molar-refractivity contribution >= 4 is 11.9 Å². The molecule has 1 atom stereocenters. The minimum Gasteiger partial charge on any atom is -0.466 e. The molecule has 0 N–H and O–H groups in total. The zero-order valence-corrected chi connectivity index (χ0v) is 43.5. The van der Waals surface area contributed by atoms with Gasteiger partial charge >= 0.3 is 11.9 Å². The van der Waals surface area contributed by atoms with Gasteiger partial charge in [0.25, 0.3) is 0 Å². The Hall–Kier alpha value is -1.14. The third-order valence-electron chi connectivity index (χ3n) is 15.0. The van der Waals surface area contributed by atoms with Crippen molar-refractivity contribution in [3.63, 3.8) is 0 Å². The molecule has 1 aliphatic heterocycles. The summed E-state index contributed by atoms with van der Waals surface area (Å²) in [5, 5.41) is 0. The smallest absolute Gasteiger partial charge is 0.306 e. The lowest BCUT2D eigenvalue weighted by Gasteiger charge is -2.28. The van der Waals surface area contributed by atoms with Crippen LogP contribution >= 0.6 is 0 Å². The summed E-state index contributed by atoms with van der Waals surface area (Å²) in [5.41, 5.74) is 0. The zero-order valence-electron chi connectivity index (χ0n) is 43.5. The summed E-state index contributed by atoms with van der Waals surface area (Å²) in [6, 6.07) is 0. The summed E-state index contributed by atoms with van der Waals surface area (Å²) < 4.78 is 24.8. The van der Waals surface area contributed by atoms with Crippen LogP contribution in [0.25, 0.3) is 0 Å². The number of ether oxygens (including phenoxy) is 4. The normalized spacial score (nSPS) is 16.4. The molecule has 1 heterocycles. The lowest BCUT2D eigenvalue weighted by atomic mass is 9.92. The van der Waals surface area contributed by atoms with Gasteiger partial charge in [-0.05, 0) is 75.5 Å². The van der Waals surface area contributed by atoms with Crippen LogP contribution in [0, 0.1) is 17.8 Å². The Bertz CT molecular complexity index is 960. The predicted molar refractivity (Wildman–Crippen MR) is 272 cm³/mol. The number of carbonyl (C=O) groups excluding carboxylic acids is 2. The van der Waals surface area contributed by atoms with Crippen LogP contribution in [0.1, 0.15) is 310 Å². The molecule has 6 heteroatoms. The maximum atomic E-state index is 12.6. The third-order valence-corrected chi connectivity index (χ3v) is 15.0. The molecule has 0 aromatic rings. The topological polar surface area (TPSA) is 71.1 Å². The molecule has 6 nitrogen and oxygen atoms in total. The molecule has 1 unspecified atom stereocenters. The van der Waals surface area contributed by atoms with Crippen molar-refractivity contribution in [2.24, 2.45) is 17.8 Å². The van der Waals surface area contributed by atoms with Gasteiger partial charge in [-0.1, -0.05) is 227 Å². The van der Waals surface area contributed by atoms with E-state index in [4.69, 9.17) is 18.9 Å². The van der Waals surface area contributed by atoms with Gasteiger partial charge in [-0.3, -0.25) is 9.59 Å². The largest absolute Gasteiger partial charge is 0.466 e. The van der Waals surface area contributed by atoms with Gasteiger partial charge in [0.05, 0.1) is 25.9 Å². The molecule has 64 heavy (non-hydrogen) atoms. The molecule has 378 valence electrons. The van der Waals surface area contributed by atoms with Crippen LogP contribution in [0.2, 0.25) is 0 Å². The van der Waals surface area contributed by atoms with E-state index in [0.29, 0.717) is 37.9 Å². The molecular formula is C58H110O6. The Kier molecular flexibility index (Phi) is 38.7. The van der Waals surface area contributed by atoms with Gasteiger partial charge in [-0.15, -0.1) is 0 Å². The number of rotatable bonds is 47. The van der Waals surface area contributed by atoms with E-state index >= 15 is 0 Å². The van der Waals surface area contributed by atoms with E-state index in [2.05, 4.69) is 27.7 Å². The maximum Gasteiger partial charge on any atom is 0.306 e. The quantitative estimate of drug-likeness (QED) is 0.0448. The van der Waals surface area contributed by atoms with Crippen molar-refractivity contribution in [3.8, 4) is 0 Å². The van der Waals surface area contributed by atoms with Gasteiger partial charge in [-0.25, -0.2) is 0 Å². The Balaban J connectivity index is 1.59. The first-order valence-electron chi connectivity index (χ1n) is 29.1.